The van der Waals surface area contributed by atoms with Gasteiger partial charge in [0.25, 0.3) is 0 Å². The fourth-order valence-corrected chi connectivity index (χ4v) is 4.30. The van der Waals surface area contributed by atoms with Crippen LogP contribution in [0.3, 0.4) is 0 Å². The largest absolute Gasteiger partial charge is 0.495 e. The van der Waals surface area contributed by atoms with E-state index >= 15 is 0 Å². The zero-order valence-electron chi connectivity index (χ0n) is 15.9. The number of carbonyl (C=O) groups is 1. The highest BCUT2D eigenvalue weighted by Gasteiger charge is 2.20. The van der Waals surface area contributed by atoms with E-state index in [0.717, 1.165) is 10.6 Å². The number of halogens is 1. The average Bonchev–Trinajstić information content (AvgIpc) is 3.42. The minimum absolute atomic E-state index is 0.0915. The summed E-state index contributed by atoms with van der Waals surface area (Å²) in [5, 5.41) is 13.9. The topological polar surface area (TPSA) is 69.0 Å². The molecule has 0 aliphatic heterocycles. The van der Waals surface area contributed by atoms with E-state index in [9.17, 15) is 9.18 Å². The number of aromatic nitrogens is 3. The Morgan fingerprint density at radius 2 is 2.03 bits per heavy atom. The molecular formula is C21H17FN4O2S2. The Balaban J connectivity index is 1.61. The van der Waals surface area contributed by atoms with Crippen molar-refractivity contribution in [2.75, 3.05) is 18.2 Å². The number of para-hydroxylation sites is 2. The van der Waals surface area contributed by atoms with Crippen LogP contribution >= 0.6 is 23.1 Å². The summed E-state index contributed by atoms with van der Waals surface area (Å²) in [6.07, 6.45) is 0. The molecule has 0 spiro atoms. The van der Waals surface area contributed by atoms with E-state index in [4.69, 9.17) is 4.74 Å². The maximum atomic E-state index is 13.3. The molecule has 6 nitrogen and oxygen atoms in total. The van der Waals surface area contributed by atoms with Crippen LogP contribution in [-0.4, -0.2) is 33.5 Å². The Morgan fingerprint density at radius 3 is 2.80 bits per heavy atom. The average molecular weight is 441 g/mol. The summed E-state index contributed by atoms with van der Waals surface area (Å²) in [6.45, 7) is 0. The van der Waals surface area contributed by atoms with Crippen molar-refractivity contribution in [3.8, 4) is 22.1 Å². The Morgan fingerprint density at radius 1 is 1.17 bits per heavy atom. The molecule has 0 fully saturated rings. The number of nitrogens with zero attached hydrogens (tertiary/aromatic N) is 3. The summed E-state index contributed by atoms with van der Waals surface area (Å²) in [7, 11) is 1.60. The lowest BCUT2D eigenvalue weighted by molar-refractivity contribution is -0.113. The van der Waals surface area contributed by atoms with E-state index in [-0.39, 0.29) is 11.7 Å². The van der Waals surface area contributed by atoms with Crippen molar-refractivity contribution in [2.45, 2.75) is 5.16 Å². The predicted molar refractivity (Wildman–Crippen MR) is 117 cm³/mol. The van der Waals surface area contributed by atoms with Crippen LogP contribution < -0.4 is 10.1 Å². The van der Waals surface area contributed by atoms with Crippen molar-refractivity contribution >= 4 is 34.7 Å². The van der Waals surface area contributed by atoms with Crippen LogP contribution in [0.5, 0.6) is 5.75 Å². The molecule has 30 heavy (non-hydrogen) atoms. The van der Waals surface area contributed by atoms with Gasteiger partial charge in [0.15, 0.2) is 11.0 Å². The normalized spacial score (nSPS) is 10.7. The summed E-state index contributed by atoms with van der Waals surface area (Å²) in [5.41, 5.74) is 1.19. The van der Waals surface area contributed by atoms with Crippen molar-refractivity contribution in [3.63, 3.8) is 0 Å². The van der Waals surface area contributed by atoms with Gasteiger partial charge >= 0.3 is 0 Å². The molecular weight excluding hydrogens is 423 g/mol. The first-order valence-corrected chi connectivity index (χ1v) is 10.8. The molecule has 4 aromatic rings. The van der Waals surface area contributed by atoms with Gasteiger partial charge in [-0.1, -0.05) is 36.0 Å². The van der Waals surface area contributed by atoms with Gasteiger partial charge < -0.3 is 10.1 Å². The van der Waals surface area contributed by atoms with Gasteiger partial charge in [0.1, 0.15) is 11.6 Å². The SMILES string of the molecule is COc1ccccc1-n1c(SCC(=O)Nc2cccc(F)c2)nnc1-c1cccs1. The van der Waals surface area contributed by atoms with Gasteiger partial charge in [-0.05, 0) is 41.8 Å². The molecule has 1 amide bonds. The van der Waals surface area contributed by atoms with Crippen LogP contribution in [0, 0.1) is 5.82 Å². The van der Waals surface area contributed by atoms with Crippen molar-refractivity contribution < 1.29 is 13.9 Å². The monoisotopic (exact) mass is 440 g/mol. The number of hydrogen-bond acceptors (Lipinski definition) is 6. The molecule has 0 bridgehead atoms. The number of anilines is 1. The number of nitrogens with one attached hydrogen (secondary N) is 1. The van der Waals surface area contributed by atoms with E-state index < -0.39 is 5.82 Å². The molecule has 2 aromatic carbocycles. The lowest BCUT2D eigenvalue weighted by atomic mass is 10.3. The molecule has 0 unspecified atom stereocenters. The molecule has 0 atom stereocenters. The molecule has 2 heterocycles. The van der Waals surface area contributed by atoms with Gasteiger partial charge in [0.05, 0.1) is 23.4 Å². The summed E-state index contributed by atoms with van der Waals surface area (Å²) >= 11 is 2.79. The first-order valence-electron chi connectivity index (χ1n) is 8.96. The Kier molecular flexibility index (Phi) is 6.10. The van der Waals surface area contributed by atoms with Gasteiger partial charge in [-0.25, -0.2) is 4.39 Å². The third-order valence-electron chi connectivity index (χ3n) is 4.14. The van der Waals surface area contributed by atoms with Crippen molar-refractivity contribution in [2.24, 2.45) is 0 Å². The number of ether oxygens (including phenoxy) is 1. The first kappa shape index (κ1) is 20.1. The smallest absolute Gasteiger partial charge is 0.234 e. The third-order valence-corrected chi connectivity index (χ3v) is 5.94. The molecule has 9 heteroatoms. The van der Waals surface area contributed by atoms with E-state index in [0.29, 0.717) is 22.4 Å². The molecule has 0 aliphatic rings. The summed E-state index contributed by atoms with van der Waals surface area (Å²) in [5.74, 6) is 0.757. The standard InChI is InChI=1S/C21H17FN4O2S2/c1-28-17-9-3-2-8-16(17)26-20(18-10-5-11-29-18)24-25-21(26)30-13-19(27)23-15-7-4-6-14(22)12-15/h2-12H,13H2,1H3,(H,23,27). The van der Waals surface area contributed by atoms with E-state index in [1.54, 1.807) is 30.6 Å². The molecule has 1 N–H and O–H groups in total. The van der Waals surface area contributed by atoms with Gasteiger partial charge in [-0.15, -0.1) is 21.5 Å². The summed E-state index contributed by atoms with van der Waals surface area (Å²) < 4.78 is 20.7. The highest BCUT2D eigenvalue weighted by Crippen LogP contribution is 2.34. The van der Waals surface area contributed by atoms with Crippen LogP contribution in [0.1, 0.15) is 0 Å². The van der Waals surface area contributed by atoms with Crippen molar-refractivity contribution in [1.29, 1.82) is 0 Å². The maximum absolute atomic E-state index is 13.3. The van der Waals surface area contributed by atoms with Crippen LogP contribution in [-0.2, 0) is 4.79 Å². The number of thioether (sulfide) groups is 1. The van der Waals surface area contributed by atoms with Crippen molar-refractivity contribution in [3.05, 3.63) is 71.9 Å². The Hall–Kier alpha value is -3.17. The second-order valence-corrected chi connectivity index (χ2v) is 8.03. The molecule has 0 aliphatic carbocycles. The Bertz CT molecular complexity index is 1160. The second-order valence-electron chi connectivity index (χ2n) is 6.14. The zero-order valence-corrected chi connectivity index (χ0v) is 17.5. The van der Waals surface area contributed by atoms with Gasteiger partial charge in [0, 0.05) is 5.69 Å². The molecule has 0 saturated carbocycles. The third kappa shape index (κ3) is 4.37. The quantitative estimate of drug-likeness (QED) is 0.415. The molecule has 152 valence electrons. The number of benzene rings is 2. The summed E-state index contributed by atoms with van der Waals surface area (Å²) in [4.78, 5) is 13.3. The second kappa shape index (κ2) is 9.10. The van der Waals surface area contributed by atoms with E-state index in [2.05, 4.69) is 15.5 Å². The molecule has 0 radical (unpaired) electrons. The first-order chi connectivity index (χ1) is 14.7. The van der Waals surface area contributed by atoms with Crippen LogP contribution in [0.4, 0.5) is 10.1 Å². The molecule has 2 aromatic heterocycles. The number of hydrogen-bond donors (Lipinski definition) is 1. The van der Waals surface area contributed by atoms with Crippen LogP contribution in [0.15, 0.2) is 71.2 Å². The minimum atomic E-state index is -0.406. The van der Waals surface area contributed by atoms with Crippen molar-refractivity contribution in [1.82, 2.24) is 14.8 Å². The Labute approximate surface area is 180 Å². The fourth-order valence-electron chi connectivity index (χ4n) is 2.85. The number of rotatable bonds is 7. The van der Waals surface area contributed by atoms with Gasteiger partial charge in [-0.2, -0.15) is 0 Å². The maximum Gasteiger partial charge on any atom is 0.234 e. The highest BCUT2D eigenvalue weighted by atomic mass is 32.2. The van der Waals surface area contributed by atoms with Crippen LogP contribution in [0.25, 0.3) is 16.4 Å². The zero-order chi connectivity index (χ0) is 20.9. The molecule has 0 saturated heterocycles. The lowest BCUT2D eigenvalue weighted by Gasteiger charge is -2.13. The predicted octanol–water partition coefficient (Wildman–Crippen LogP) is 4.87. The number of carbonyl (C=O) groups excluding carboxylic acids is 1. The minimum Gasteiger partial charge on any atom is -0.495 e. The summed E-state index contributed by atoms with van der Waals surface area (Å²) in [6, 6.07) is 17.3. The number of methoxy groups -OCH3 is 1. The molecule has 4 rings (SSSR count). The highest BCUT2D eigenvalue weighted by molar-refractivity contribution is 7.99. The number of thiophene rings is 1. The van der Waals surface area contributed by atoms with E-state index in [1.165, 1.54) is 23.9 Å². The van der Waals surface area contributed by atoms with Gasteiger partial charge in [0.2, 0.25) is 5.91 Å². The number of amides is 1. The fraction of sp³-hybridized carbons (Fsp3) is 0.0952. The lowest BCUT2D eigenvalue weighted by Crippen LogP contribution is -2.14. The van der Waals surface area contributed by atoms with Crippen LogP contribution in [0.2, 0.25) is 0 Å². The van der Waals surface area contributed by atoms with Gasteiger partial charge in [-0.3, -0.25) is 9.36 Å². The van der Waals surface area contributed by atoms with E-state index in [1.807, 2.05) is 46.3 Å².